The lowest BCUT2D eigenvalue weighted by Crippen LogP contribution is -2.58. The number of rotatable bonds is 18. The minimum absolute atomic E-state index is 0.00319. The van der Waals surface area contributed by atoms with Crippen molar-refractivity contribution in [2.75, 3.05) is 84.1 Å². The number of morpholine rings is 1. The Balaban J connectivity index is 0.000000636. The Hall–Kier alpha value is -5.56. The number of nitrogens with one attached hydrogen (secondary N) is 2. The van der Waals surface area contributed by atoms with Crippen LogP contribution < -0.4 is 15.4 Å². The zero-order valence-corrected chi connectivity index (χ0v) is 42.3. The number of anilines is 1. The van der Waals surface area contributed by atoms with Gasteiger partial charge in [0.1, 0.15) is 17.1 Å². The molecule has 0 radical (unpaired) electrons. The summed E-state index contributed by atoms with van der Waals surface area (Å²) in [6.45, 7) is 11.9. The second-order valence-electron chi connectivity index (χ2n) is 18.8. The largest absolute Gasteiger partial charge is 0.506 e. The van der Waals surface area contributed by atoms with Gasteiger partial charge in [-0.1, -0.05) is 63.4 Å². The third kappa shape index (κ3) is 18.4. The molecule has 0 bridgehead atoms. The predicted octanol–water partition coefficient (Wildman–Crippen LogP) is 7.06. The number of phenolic OH excluding ortho intramolecular Hbond substituents is 1. The third-order valence-electron chi connectivity index (χ3n) is 13.0. The predicted molar refractivity (Wildman–Crippen MR) is 261 cm³/mol. The summed E-state index contributed by atoms with van der Waals surface area (Å²) in [7, 11) is 0. The van der Waals surface area contributed by atoms with E-state index in [0.29, 0.717) is 88.4 Å². The van der Waals surface area contributed by atoms with E-state index < -0.39 is 24.3 Å². The van der Waals surface area contributed by atoms with Crippen molar-refractivity contribution in [1.29, 1.82) is 0 Å². The number of benzene rings is 2. The number of aliphatic carboxylic acids is 2. The number of phenols is 1. The maximum atomic E-state index is 13.5. The fourth-order valence-corrected chi connectivity index (χ4v) is 9.81. The number of hydrogen-bond donors (Lipinski definition) is 5. The molecule has 2 aromatic carbocycles. The Morgan fingerprint density at radius 3 is 2.23 bits per heavy atom. The van der Waals surface area contributed by atoms with Crippen LogP contribution >= 0.6 is 11.3 Å². The van der Waals surface area contributed by atoms with Crippen LogP contribution in [0.5, 0.6) is 11.5 Å². The van der Waals surface area contributed by atoms with Gasteiger partial charge in [-0.05, 0) is 74.2 Å². The van der Waals surface area contributed by atoms with E-state index in [-0.39, 0.29) is 41.7 Å². The van der Waals surface area contributed by atoms with E-state index in [1.807, 2.05) is 16.3 Å². The van der Waals surface area contributed by atoms with E-state index >= 15 is 0 Å². The number of likely N-dealkylation sites (tertiary alicyclic amines) is 1. The number of carbonyl (C=O) groups is 5. The molecule has 2 saturated heterocycles. The fourth-order valence-electron chi connectivity index (χ4n) is 9.00. The zero-order valence-electron chi connectivity index (χ0n) is 41.5. The molecular formula is C50H66F6N6O11S. The quantitative estimate of drug-likeness (QED) is 0.0489. The smallest absolute Gasteiger partial charge is 0.490 e. The van der Waals surface area contributed by atoms with Crippen LogP contribution in [0, 0.1) is 0 Å². The van der Waals surface area contributed by atoms with Gasteiger partial charge in [-0.3, -0.25) is 14.4 Å². The van der Waals surface area contributed by atoms with E-state index in [1.54, 1.807) is 17.4 Å². The lowest BCUT2D eigenvalue weighted by molar-refractivity contribution is -0.193. The van der Waals surface area contributed by atoms with E-state index in [4.69, 9.17) is 34.0 Å². The Morgan fingerprint density at radius 2 is 1.59 bits per heavy atom. The number of carboxylic acids is 2. The van der Waals surface area contributed by atoms with Gasteiger partial charge in [-0.2, -0.15) is 26.3 Å². The van der Waals surface area contributed by atoms with Crippen LogP contribution in [-0.4, -0.2) is 167 Å². The van der Waals surface area contributed by atoms with Gasteiger partial charge < -0.3 is 54.9 Å². The summed E-state index contributed by atoms with van der Waals surface area (Å²) in [5.41, 5.74) is 4.11. The number of ether oxygens (including phenoxy) is 3. The lowest BCUT2D eigenvalue weighted by Gasteiger charge is -2.47. The van der Waals surface area contributed by atoms with E-state index in [9.17, 15) is 45.8 Å². The second kappa shape index (κ2) is 27.8. The maximum Gasteiger partial charge on any atom is 0.490 e. The van der Waals surface area contributed by atoms with Gasteiger partial charge in [0, 0.05) is 56.6 Å². The first-order chi connectivity index (χ1) is 35.0. The number of alkyl halides is 6. The van der Waals surface area contributed by atoms with Crippen molar-refractivity contribution in [2.24, 2.45) is 0 Å². The van der Waals surface area contributed by atoms with Crippen LogP contribution in [-0.2, 0) is 47.9 Å². The van der Waals surface area contributed by atoms with Gasteiger partial charge in [-0.25, -0.2) is 14.6 Å². The van der Waals surface area contributed by atoms with E-state index in [1.165, 1.54) is 17.5 Å². The highest BCUT2D eigenvalue weighted by Crippen LogP contribution is 2.39. The molecule has 0 atom stereocenters. The molecule has 24 heteroatoms. The first kappa shape index (κ1) is 59.3. The normalized spacial score (nSPS) is 17.0. The van der Waals surface area contributed by atoms with Crippen molar-refractivity contribution < 1.29 is 79.8 Å². The highest BCUT2D eigenvalue weighted by molar-refractivity contribution is 7.09. The Labute approximate surface area is 429 Å². The first-order valence-electron chi connectivity index (χ1n) is 24.7. The number of carbonyl (C=O) groups excluding carboxylic acids is 3. The number of amides is 3. The van der Waals surface area contributed by atoms with Crippen molar-refractivity contribution in [1.82, 2.24) is 25.0 Å². The second-order valence-corrected chi connectivity index (χ2v) is 19.7. The van der Waals surface area contributed by atoms with Gasteiger partial charge in [0.25, 0.3) is 11.8 Å². The SMILES string of the molecule is CC(C)c1nc(C(=O)N2CCOC3(CCN(CCc4cccc(CCOCCC(=O)N(CCNCCc5ccc(O)c6c5OCC(=O)N6)C5CCCCC5)c4)CC3)C2)cs1.O=C(O)C(F)(F)F.O=C(O)C(F)(F)F. The number of piperidine rings is 1. The molecular weight excluding hydrogens is 1010 g/mol. The van der Waals surface area contributed by atoms with Crippen molar-refractivity contribution >= 4 is 46.7 Å². The summed E-state index contributed by atoms with van der Waals surface area (Å²) in [6.07, 6.45) is 0.135. The molecule has 1 aromatic heterocycles. The molecule has 74 heavy (non-hydrogen) atoms. The minimum Gasteiger partial charge on any atom is -0.506 e. The molecule has 1 aliphatic carbocycles. The molecule has 17 nitrogen and oxygen atoms in total. The van der Waals surface area contributed by atoms with Crippen LogP contribution in [0.1, 0.15) is 103 Å². The number of aromatic nitrogens is 1. The minimum atomic E-state index is -5.08. The summed E-state index contributed by atoms with van der Waals surface area (Å²) in [6, 6.07) is 12.5. The van der Waals surface area contributed by atoms with Crippen LogP contribution in [0.15, 0.2) is 41.8 Å². The topological polar surface area (TPSA) is 220 Å². The first-order valence-corrected chi connectivity index (χ1v) is 25.6. The monoisotopic (exact) mass is 1070 g/mol. The van der Waals surface area contributed by atoms with Crippen LogP contribution in [0.2, 0.25) is 0 Å². The van der Waals surface area contributed by atoms with Crippen LogP contribution in [0.25, 0.3) is 0 Å². The number of carboxylic acid groups (broad SMARTS) is 2. The number of aromatic hydroxyl groups is 1. The molecule has 3 aromatic rings. The fraction of sp³-hybridized carbons (Fsp3) is 0.600. The molecule has 4 aliphatic rings. The average molecular weight is 1070 g/mol. The summed E-state index contributed by atoms with van der Waals surface area (Å²) >= 11 is 1.57. The van der Waals surface area contributed by atoms with Crippen molar-refractivity contribution in [3.05, 3.63) is 69.2 Å². The van der Waals surface area contributed by atoms with Gasteiger partial charge in [0.2, 0.25) is 5.91 Å². The number of thiazole rings is 1. The molecule has 410 valence electrons. The van der Waals surface area contributed by atoms with Crippen LogP contribution in [0.4, 0.5) is 32.0 Å². The summed E-state index contributed by atoms with van der Waals surface area (Å²) in [4.78, 5) is 67.5. The van der Waals surface area contributed by atoms with Gasteiger partial charge in [-0.15, -0.1) is 11.3 Å². The zero-order chi connectivity index (χ0) is 54.1. The average Bonchev–Trinajstić information content (AvgIpc) is 3.87. The standard InChI is InChI=1S/C46H64N6O7S.2C2HF3O2/c1-33(2)44-48-38(31-60-44)45(56)51-25-28-59-46(32-51)17-22-50(23-18-46)21-14-34-7-6-8-35(29-34)15-26-57-27-16-41(55)52(37-9-4-3-5-10-37)24-20-47-19-13-36-11-12-39(53)42-43(36)58-30-40(54)49-42;2*3-2(4,5)1(6)7/h6-8,11-12,29,31,33,37,47,53H,3-5,9-10,13-28,30,32H2,1-2H3,(H,49,54);2*(H,6,7). The molecule has 4 heterocycles. The van der Waals surface area contributed by atoms with Crippen molar-refractivity contribution in [3.8, 4) is 11.5 Å². The molecule has 1 saturated carbocycles. The van der Waals surface area contributed by atoms with E-state index in [2.05, 4.69) is 63.5 Å². The van der Waals surface area contributed by atoms with E-state index in [0.717, 1.165) is 81.6 Å². The van der Waals surface area contributed by atoms with Crippen LogP contribution in [0.3, 0.4) is 0 Å². The number of hydrogen-bond acceptors (Lipinski definition) is 13. The molecule has 3 amide bonds. The Kier molecular flexibility index (Phi) is 22.3. The third-order valence-corrected chi connectivity index (χ3v) is 14.1. The molecule has 3 fully saturated rings. The Morgan fingerprint density at radius 1 is 0.932 bits per heavy atom. The van der Waals surface area contributed by atoms with Gasteiger partial charge >= 0.3 is 24.3 Å². The summed E-state index contributed by atoms with van der Waals surface area (Å²) < 4.78 is 81.5. The lowest BCUT2D eigenvalue weighted by atomic mass is 9.89. The molecule has 3 aliphatic heterocycles. The number of halogens is 6. The summed E-state index contributed by atoms with van der Waals surface area (Å²) in [5, 5.41) is 33.5. The van der Waals surface area contributed by atoms with Crippen molar-refractivity contribution in [2.45, 2.75) is 114 Å². The van der Waals surface area contributed by atoms with Crippen molar-refractivity contribution in [3.63, 3.8) is 0 Å². The number of fused-ring (bicyclic) bond motifs is 1. The summed E-state index contributed by atoms with van der Waals surface area (Å²) in [5.74, 6) is -4.77. The molecule has 0 unspecified atom stereocenters. The number of nitrogens with zero attached hydrogens (tertiary/aromatic N) is 4. The molecule has 7 rings (SSSR count). The van der Waals surface area contributed by atoms with Gasteiger partial charge in [0.05, 0.1) is 43.4 Å². The Bertz CT molecular complexity index is 2310. The molecule has 5 N–H and O–H groups in total. The highest BCUT2D eigenvalue weighted by Gasteiger charge is 2.42. The highest BCUT2D eigenvalue weighted by atomic mass is 32.1. The maximum absolute atomic E-state index is 13.5. The van der Waals surface area contributed by atoms with Gasteiger partial charge in [0.15, 0.2) is 12.4 Å². The molecule has 1 spiro atoms.